The Morgan fingerprint density at radius 3 is 3.03 bits per heavy atom. The second-order valence-corrected chi connectivity index (χ2v) is 8.41. The Balaban J connectivity index is 1.63. The van der Waals surface area contributed by atoms with Crippen LogP contribution in [0.4, 0.5) is 4.39 Å². The molecule has 1 fully saturated rings. The number of halogens is 1. The highest BCUT2D eigenvalue weighted by Gasteiger charge is 2.62. The van der Waals surface area contributed by atoms with Crippen molar-refractivity contribution < 1.29 is 20.7 Å². The van der Waals surface area contributed by atoms with E-state index in [2.05, 4.69) is 9.98 Å². The quantitative estimate of drug-likeness (QED) is 0.779. The lowest BCUT2D eigenvalue weighted by atomic mass is 9.59. The molecule has 0 bridgehead atoms. The van der Waals surface area contributed by atoms with Gasteiger partial charge < -0.3 is 15.2 Å². The fourth-order valence-corrected chi connectivity index (χ4v) is 5.51. The molecule has 4 atom stereocenters. The van der Waals surface area contributed by atoms with Crippen LogP contribution in [0.5, 0.6) is 0 Å². The van der Waals surface area contributed by atoms with E-state index in [1.54, 1.807) is 24.3 Å². The average Bonchev–Trinajstić information content (AvgIpc) is 3.14. The van der Waals surface area contributed by atoms with Crippen molar-refractivity contribution in [3.63, 3.8) is 0 Å². The summed E-state index contributed by atoms with van der Waals surface area (Å²) in [5.74, 6) is -0.780. The maximum atomic E-state index is 14.5. The average molecular weight is 401 g/mol. The maximum absolute atomic E-state index is 14.5. The van der Waals surface area contributed by atoms with Crippen molar-refractivity contribution in [1.82, 2.24) is 4.98 Å². The van der Waals surface area contributed by atoms with Crippen molar-refractivity contribution in [3.8, 4) is 11.1 Å². The first-order valence-corrected chi connectivity index (χ1v) is 9.84. The van der Waals surface area contributed by atoms with Gasteiger partial charge in [0.25, 0.3) is 6.02 Å². The van der Waals surface area contributed by atoms with Crippen molar-refractivity contribution in [2.75, 3.05) is 13.6 Å². The summed E-state index contributed by atoms with van der Waals surface area (Å²) in [4.78, 5) is 8.35. The van der Waals surface area contributed by atoms with Gasteiger partial charge in [-0.2, -0.15) is 4.39 Å². The number of ether oxygens (including phenoxy) is 2. The van der Waals surface area contributed by atoms with E-state index in [0.717, 1.165) is 5.56 Å². The first-order chi connectivity index (χ1) is 15.9. The van der Waals surface area contributed by atoms with E-state index in [-0.39, 0.29) is 11.9 Å². The molecule has 1 aliphatic heterocycles. The number of hydrogen-bond donors (Lipinski definition) is 1. The van der Waals surface area contributed by atoms with E-state index < -0.39 is 36.6 Å². The lowest BCUT2D eigenvalue weighted by Gasteiger charge is -2.47. The van der Waals surface area contributed by atoms with Crippen LogP contribution in [0.15, 0.2) is 41.5 Å². The lowest BCUT2D eigenvalue weighted by Crippen LogP contribution is -2.48. The summed E-state index contributed by atoms with van der Waals surface area (Å²) in [5, 5.41) is 0. The fourth-order valence-electron chi connectivity index (χ4n) is 5.51. The summed E-state index contributed by atoms with van der Waals surface area (Å²) < 4.78 is 65.5. The lowest BCUT2D eigenvalue weighted by molar-refractivity contribution is -0.0445. The monoisotopic (exact) mass is 400 g/mol. The topological polar surface area (TPSA) is 69.7 Å². The molecule has 2 aromatic rings. The smallest absolute Gasteiger partial charge is 0.283 e. The highest BCUT2D eigenvalue weighted by molar-refractivity contribution is 5.76. The molecule has 1 saturated carbocycles. The number of fused-ring (bicyclic) bond motifs is 3. The standard InChI is InChI=1S/C23H26FN3O2/c1-14-11-22(8-7-19(14)28-2)12-16-6-5-15(17-4-3-9-26-20(17)24)10-18(16)23(22)13-29-21(25)27-23/h3-6,9-10,14,19H,7-8,11-13H2,1-2H3,(H2,25,27)/t14-,19-,22-,23-/m0/s1/i2D3,13D2. The summed E-state index contributed by atoms with van der Waals surface area (Å²) in [6.45, 7) is -0.325. The minimum atomic E-state index is -2.50. The van der Waals surface area contributed by atoms with Gasteiger partial charge in [0, 0.05) is 24.2 Å². The molecule has 6 heteroatoms. The molecule has 2 aliphatic carbocycles. The summed E-state index contributed by atoms with van der Waals surface area (Å²) in [6.07, 6.45) is 2.79. The highest BCUT2D eigenvalue weighted by atomic mass is 19.1. The number of nitrogens with zero attached hydrogens (tertiary/aromatic N) is 2. The van der Waals surface area contributed by atoms with Gasteiger partial charge in [-0.1, -0.05) is 19.1 Å². The van der Waals surface area contributed by atoms with E-state index in [1.807, 2.05) is 13.0 Å². The summed E-state index contributed by atoms with van der Waals surface area (Å²) in [6, 6.07) is 8.48. The number of pyridine rings is 1. The van der Waals surface area contributed by atoms with Crippen LogP contribution in [0.25, 0.3) is 11.1 Å². The van der Waals surface area contributed by atoms with Crippen molar-refractivity contribution in [3.05, 3.63) is 53.6 Å². The minimum absolute atomic E-state index is 0.163. The highest BCUT2D eigenvalue weighted by Crippen LogP contribution is 2.62. The van der Waals surface area contributed by atoms with Crippen LogP contribution >= 0.6 is 0 Å². The van der Waals surface area contributed by atoms with Gasteiger partial charge in [0.1, 0.15) is 12.1 Å². The second-order valence-electron chi connectivity index (χ2n) is 8.41. The molecule has 0 amide bonds. The minimum Gasteiger partial charge on any atom is -0.462 e. The van der Waals surface area contributed by atoms with Crippen molar-refractivity contribution in [1.29, 1.82) is 0 Å². The molecule has 5 rings (SSSR count). The molecular weight excluding hydrogens is 369 g/mol. The maximum Gasteiger partial charge on any atom is 0.283 e. The SMILES string of the molecule is [2H]C([2H])([2H])O[C@H]1CC[C@@]2(Cc3ccc(-c4cccnc4F)cc3[C@]23N=C(N)OC3([2H])[2H])C[C@@H]1C. The number of nitrogens with two attached hydrogens (primary N) is 1. The normalized spacial score (nSPS) is 37.7. The first kappa shape index (κ1) is 13.7. The van der Waals surface area contributed by atoms with E-state index in [0.29, 0.717) is 42.4 Å². The summed E-state index contributed by atoms with van der Waals surface area (Å²) in [7, 11) is -2.50. The number of amidine groups is 1. The number of benzene rings is 1. The zero-order valence-corrected chi connectivity index (χ0v) is 16.1. The molecule has 3 aliphatic rings. The number of methoxy groups -OCH3 is 1. The molecule has 2 heterocycles. The number of aliphatic imine (C=N–C) groups is 1. The van der Waals surface area contributed by atoms with Gasteiger partial charge in [-0.15, -0.1) is 0 Å². The third kappa shape index (κ3) is 2.61. The second kappa shape index (κ2) is 6.52. The van der Waals surface area contributed by atoms with Crippen molar-refractivity contribution in [2.45, 2.75) is 44.2 Å². The Morgan fingerprint density at radius 1 is 1.41 bits per heavy atom. The zero-order valence-electron chi connectivity index (χ0n) is 21.1. The zero-order chi connectivity index (χ0) is 24.5. The van der Waals surface area contributed by atoms with E-state index in [4.69, 9.17) is 22.1 Å². The van der Waals surface area contributed by atoms with Crippen LogP contribution in [0.2, 0.25) is 0 Å². The number of hydrogen-bond acceptors (Lipinski definition) is 5. The van der Waals surface area contributed by atoms with Gasteiger partial charge in [0.15, 0.2) is 0 Å². The molecule has 5 nitrogen and oxygen atoms in total. The van der Waals surface area contributed by atoms with Crippen LogP contribution in [0.1, 0.15) is 44.2 Å². The Labute approximate surface area is 177 Å². The van der Waals surface area contributed by atoms with Gasteiger partial charge in [-0.3, -0.25) is 0 Å². The van der Waals surface area contributed by atoms with Crippen LogP contribution in [-0.2, 0) is 21.4 Å². The predicted octanol–water partition coefficient (Wildman–Crippen LogP) is 3.81. The molecule has 0 unspecified atom stereocenters. The summed E-state index contributed by atoms with van der Waals surface area (Å²) >= 11 is 0. The van der Waals surface area contributed by atoms with E-state index >= 15 is 0 Å². The van der Waals surface area contributed by atoms with E-state index in [9.17, 15) is 4.39 Å². The number of rotatable bonds is 2. The Morgan fingerprint density at radius 2 is 2.31 bits per heavy atom. The third-order valence-corrected chi connectivity index (χ3v) is 6.85. The molecule has 29 heavy (non-hydrogen) atoms. The van der Waals surface area contributed by atoms with Gasteiger partial charge in [0.05, 0.1) is 13.0 Å². The molecular formula is C23H26FN3O2. The molecule has 2 N–H and O–H groups in total. The molecule has 1 aromatic carbocycles. The predicted molar refractivity (Wildman–Crippen MR) is 109 cm³/mol. The third-order valence-electron chi connectivity index (χ3n) is 6.85. The Kier molecular flexibility index (Phi) is 3.08. The van der Waals surface area contributed by atoms with Gasteiger partial charge >= 0.3 is 0 Å². The van der Waals surface area contributed by atoms with Crippen LogP contribution in [-0.4, -0.2) is 30.7 Å². The van der Waals surface area contributed by atoms with Crippen molar-refractivity contribution >= 4 is 6.02 Å². The van der Waals surface area contributed by atoms with Gasteiger partial charge in [0.2, 0.25) is 5.95 Å². The van der Waals surface area contributed by atoms with Crippen LogP contribution < -0.4 is 5.73 Å². The van der Waals surface area contributed by atoms with Crippen LogP contribution in [0.3, 0.4) is 0 Å². The molecule has 152 valence electrons. The summed E-state index contributed by atoms with van der Waals surface area (Å²) in [5.41, 5.74) is 6.16. The van der Waals surface area contributed by atoms with Crippen LogP contribution in [0, 0.1) is 17.3 Å². The number of aromatic nitrogens is 1. The molecule has 0 radical (unpaired) electrons. The van der Waals surface area contributed by atoms with Gasteiger partial charge in [-0.25, -0.2) is 9.98 Å². The first-order valence-electron chi connectivity index (χ1n) is 12.3. The fraction of sp³-hybridized carbons (Fsp3) is 0.478. The Hall–Kier alpha value is -2.47. The van der Waals surface area contributed by atoms with Crippen molar-refractivity contribution in [2.24, 2.45) is 22.1 Å². The largest absolute Gasteiger partial charge is 0.462 e. The molecule has 2 spiro atoms. The van der Waals surface area contributed by atoms with Gasteiger partial charge in [-0.05, 0) is 66.5 Å². The molecule has 1 aromatic heterocycles. The van der Waals surface area contributed by atoms with E-state index in [1.165, 1.54) is 6.20 Å². The molecule has 0 saturated heterocycles. The Bertz CT molecular complexity index is 1170.